The van der Waals surface area contributed by atoms with Crippen LogP contribution in [0, 0.1) is 5.92 Å². The molecule has 1 aliphatic heterocycles. The van der Waals surface area contributed by atoms with Crippen LogP contribution >= 0.6 is 0 Å². The van der Waals surface area contributed by atoms with Crippen LogP contribution in [0.4, 0.5) is 0 Å². The zero-order chi connectivity index (χ0) is 12.1. The number of hydrogen-bond donors (Lipinski definition) is 1. The second kappa shape index (κ2) is 6.17. The highest BCUT2D eigenvalue weighted by Crippen LogP contribution is 2.37. The Hall–Kier alpha value is -0.120. The lowest BCUT2D eigenvalue weighted by atomic mass is 9.77. The Labute approximate surface area is 105 Å². The van der Waals surface area contributed by atoms with E-state index in [2.05, 4.69) is 6.92 Å². The summed E-state index contributed by atoms with van der Waals surface area (Å²) in [6.07, 6.45) is 8.87. The van der Waals surface area contributed by atoms with Crippen LogP contribution in [0.15, 0.2) is 0 Å². The fourth-order valence-electron chi connectivity index (χ4n) is 3.23. The molecule has 0 amide bonds. The lowest BCUT2D eigenvalue weighted by molar-refractivity contribution is -0.113. The molecule has 3 heteroatoms. The third kappa shape index (κ3) is 3.43. The maximum absolute atomic E-state index is 6.27. The van der Waals surface area contributed by atoms with Crippen molar-refractivity contribution in [2.45, 2.75) is 63.6 Å². The molecule has 1 saturated heterocycles. The van der Waals surface area contributed by atoms with Crippen molar-refractivity contribution < 1.29 is 9.47 Å². The lowest BCUT2D eigenvalue weighted by Gasteiger charge is -2.41. The topological polar surface area (TPSA) is 44.5 Å². The van der Waals surface area contributed by atoms with Crippen LogP contribution in [0.3, 0.4) is 0 Å². The summed E-state index contributed by atoms with van der Waals surface area (Å²) in [7, 11) is 0. The molecule has 0 spiro atoms. The van der Waals surface area contributed by atoms with E-state index in [1.807, 2.05) is 0 Å². The molecule has 0 aromatic heterocycles. The zero-order valence-corrected chi connectivity index (χ0v) is 11.1. The summed E-state index contributed by atoms with van der Waals surface area (Å²) in [6, 6.07) is 0. The SMILES string of the molecule is CCCC1CCC(CN)(OC2CCOC2)CC1. The number of ether oxygens (including phenoxy) is 2. The molecule has 2 rings (SSSR count). The summed E-state index contributed by atoms with van der Waals surface area (Å²) in [4.78, 5) is 0. The average Bonchev–Trinajstić information content (AvgIpc) is 2.85. The summed E-state index contributed by atoms with van der Waals surface area (Å²) >= 11 is 0. The van der Waals surface area contributed by atoms with Crippen molar-refractivity contribution >= 4 is 0 Å². The molecule has 1 heterocycles. The van der Waals surface area contributed by atoms with E-state index in [9.17, 15) is 0 Å². The van der Waals surface area contributed by atoms with Crippen LogP contribution in [0.1, 0.15) is 51.9 Å². The Morgan fingerprint density at radius 2 is 2.06 bits per heavy atom. The van der Waals surface area contributed by atoms with Gasteiger partial charge in [0.25, 0.3) is 0 Å². The van der Waals surface area contributed by atoms with Crippen LogP contribution < -0.4 is 5.73 Å². The van der Waals surface area contributed by atoms with Gasteiger partial charge in [-0.1, -0.05) is 19.8 Å². The van der Waals surface area contributed by atoms with E-state index in [1.165, 1.54) is 25.7 Å². The molecule has 100 valence electrons. The molecule has 1 atom stereocenters. The molecule has 1 unspecified atom stereocenters. The summed E-state index contributed by atoms with van der Waals surface area (Å²) in [5, 5.41) is 0. The first-order chi connectivity index (χ1) is 8.28. The van der Waals surface area contributed by atoms with Crippen LogP contribution in [-0.2, 0) is 9.47 Å². The van der Waals surface area contributed by atoms with Gasteiger partial charge in [-0.15, -0.1) is 0 Å². The third-order valence-electron chi connectivity index (χ3n) is 4.39. The Bertz CT molecular complexity index is 218. The van der Waals surface area contributed by atoms with Gasteiger partial charge in [-0.05, 0) is 38.0 Å². The normalized spacial score (nSPS) is 38.5. The minimum atomic E-state index is -0.0391. The van der Waals surface area contributed by atoms with Crippen molar-refractivity contribution in [1.29, 1.82) is 0 Å². The highest BCUT2D eigenvalue weighted by molar-refractivity contribution is 4.89. The summed E-state index contributed by atoms with van der Waals surface area (Å²) < 4.78 is 11.6. The summed E-state index contributed by atoms with van der Waals surface area (Å²) in [6.45, 7) is 4.56. The minimum Gasteiger partial charge on any atom is -0.379 e. The molecule has 1 saturated carbocycles. The van der Waals surface area contributed by atoms with Crippen molar-refractivity contribution in [1.82, 2.24) is 0 Å². The summed E-state index contributed by atoms with van der Waals surface area (Å²) in [5.41, 5.74) is 5.93. The van der Waals surface area contributed by atoms with Crippen molar-refractivity contribution in [2.75, 3.05) is 19.8 Å². The van der Waals surface area contributed by atoms with Gasteiger partial charge in [-0.2, -0.15) is 0 Å². The molecule has 2 N–H and O–H groups in total. The second-order valence-corrected chi connectivity index (χ2v) is 5.72. The first kappa shape index (κ1) is 13.3. The molecule has 3 nitrogen and oxygen atoms in total. The molecule has 17 heavy (non-hydrogen) atoms. The van der Waals surface area contributed by atoms with Gasteiger partial charge in [0.1, 0.15) is 0 Å². The molecule has 0 radical (unpaired) electrons. The fourth-order valence-corrected chi connectivity index (χ4v) is 3.23. The van der Waals surface area contributed by atoms with E-state index in [-0.39, 0.29) is 5.60 Å². The Kier molecular flexibility index (Phi) is 4.83. The van der Waals surface area contributed by atoms with Crippen LogP contribution in [-0.4, -0.2) is 31.5 Å². The first-order valence-corrected chi connectivity index (χ1v) is 7.23. The van der Waals surface area contributed by atoms with Crippen molar-refractivity contribution in [3.05, 3.63) is 0 Å². The van der Waals surface area contributed by atoms with Crippen molar-refractivity contribution in [3.63, 3.8) is 0 Å². The van der Waals surface area contributed by atoms with E-state index in [4.69, 9.17) is 15.2 Å². The standard InChI is InChI=1S/C14H27NO2/c1-2-3-12-4-7-14(11-15,8-5-12)17-13-6-9-16-10-13/h12-13H,2-11,15H2,1H3. The van der Waals surface area contributed by atoms with Gasteiger partial charge in [0.2, 0.25) is 0 Å². The van der Waals surface area contributed by atoms with E-state index in [0.29, 0.717) is 12.6 Å². The Morgan fingerprint density at radius 1 is 1.29 bits per heavy atom. The van der Waals surface area contributed by atoms with Crippen LogP contribution in [0.25, 0.3) is 0 Å². The molecular formula is C14H27NO2. The van der Waals surface area contributed by atoms with Gasteiger partial charge in [-0.3, -0.25) is 0 Å². The Morgan fingerprint density at radius 3 is 2.59 bits per heavy atom. The largest absolute Gasteiger partial charge is 0.379 e. The van der Waals surface area contributed by atoms with Gasteiger partial charge in [0.15, 0.2) is 0 Å². The smallest absolute Gasteiger partial charge is 0.0838 e. The molecule has 2 aliphatic rings. The number of nitrogens with two attached hydrogens (primary N) is 1. The van der Waals surface area contributed by atoms with Gasteiger partial charge in [0, 0.05) is 13.2 Å². The van der Waals surface area contributed by atoms with Crippen molar-refractivity contribution in [3.8, 4) is 0 Å². The highest BCUT2D eigenvalue weighted by Gasteiger charge is 2.37. The molecule has 2 fully saturated rings. The number of hydrogen-bond acceptors (Lipinski definition) is 3. The van der Waals surface area contributed by atoms with E-state index in [1.54, 1.807) is 0 Å². The maximum atomic E-state index is 6.27. The van der Waals surface area contributed by atoms with Crippen LogP contribution in [0.2, 0.25) is 0 Å². The van der Waals surface area contributed by atoms with E-state index >= 15 is 0 Å². The predicted molar refractivity (Wildman–Crippen MR) is 69.0 cm³/mol. The summed E-state index contributed by atoms with van der Waals surface area (Å²) in [5.74, 6) is 0.906. The maximum Gasteiger partial charge on any atom is 0.0838 e. The second-order valence-electron chi connectivity index (χ2n) is 5.72. The van der Waals surface area contributed by atoms with Crippen LogP contribution in [0.5, 0.6) is 0 Å². The molecule has 1 aliphatic carbocycles. The van der Waals surface area contributed by atoms with Crippen molar-refractivity contribution in [2.24, 2.45) is 11.7 Å². The molecular weight excluding hydrogens is 214 g/mol. The Balaban J connectivity index is 1.83. The zero-order valence-electron chi connectivity index (χ0n) is 11.1. The van der Waals surface area contributed by atoms with Gasteiger partial charge in [-0.25, -0.2) is 0 Å². The fraction of sp³-hybridized carbons (Fsp3) is 1.00. The minimum absolute atomic E-state index is 0.0391. The van der Waals surface area contributed by atoms with E-state index < -0.39 is 0 Å². The van der Waals surface area contributed by atoms with Gasteiger partial charge >= 0.3 is 0 Å². The van der Waals surface area contributed by atoms with Gasteiger partial charge < -0.3 is 15.2 Å². The third-order valence-corrected chi connectivity index (χ3v) is 4.39. The predicted octanol–water partition coefficient (Wildman–Crippen LogP) is 2.48. The monoisotopic (exact) mass is 241 g/mol. The average molecular weight is 241 g/mol. The molecule has 0 aromatic rings. The quantitative estimate of drug-likeness (QED) is 0.804. The van der Waals surface area contributed by atoms with E-state index in [0.717, 1.165) is 38.4 Å². The lowest BCUT2D eigenvalue weighted by Crippen LogP contribution is -2.46. The first-order valence-electron chi connectivity index (χ1n) is 7.23. The molecule has 0 aromatic carbocycles. The highest BCUT2D eigenvalue weighted by atomic mass is 16.6. The van der Waals surface area contributed by atoms with Gasteiger partial charge in [0.05, 0.1) is 18.3 Å². The number of rotatable bonds is 5. The molecule has 0 bridgehead atoms.